The Labute approximate surface area is 96.4 Å². The Hall–Kier alpha value is -0.220. The topological polar surface area (TPSA) is 32.3 Å². The third-order valence-corrected chi connectivity index (χ3v) is 3.17. The highest BCUT2D eigenvalue weighted by atomic mass is 19.3. The second kappa shape index (κ2) is 6.50. The predicted octanol–water partition coefficient (Wildman–Crippen LogP) is 2.71. The van der Waals surface area contributed by atoms with Crippen molar-refractivity contribution in [2.24, 2.45) is 0 Å². The van der Waals surface area contributed by atoms with Gasteiger partial charge in [-0.15, -0.1) is 0 Å². The van der Waals surface area contributed by atoms with Gasteiger partial charge in [-0.05, 0) is 19.8 Å². The third-order valence-electron chi connectivity index (χ3n) is 3.17. The Morgan fingerprint density at radius 3 is 2.56 bits per heavy atom. The number of aliphatic hydroxyl groups is 1. The molecule has 2 N–H and O–H groups in total. The van der Waals surface area contributed by atoms with Gasteiger partial charge in [-0.25, -0.2) is 8.78 Å². The lowest BCUT2D eigenvalue weighted by molar-refractivity contribution is -0.0502. The summed E-state index contributed by atoms with van der Waals surface area (Å²) in [5, 5.41) is 11.9. The molecule has 96 valence electrons. The van der Waals surface area contributed by atoms with E-state index in [0.717, 1.165) is 25.7 Å². The van der Waals surface area contributed by atoms with Crippen molar-refractivity contribution >= 4 is 0 Å². The van der Waals surface area contributed by atoms with Crippen LogP contribution in [0, 0.1) is 0 Å². The van der Waals surface area contributed by atoms with Crippen LogP contribution in [0.3, 0.4) is 0 Å². The van der Waals surface area contributed by atoms with Gasteiger partial charge < -0.3 is 10.4 Å². The normalized spacial score (nSPS) is 28.9. The summed E-state index contributed by atoms with van der Waals surface area (Å²) >= 11 is 0. The minimum atomic E-state index is -2.63. The summed E-state index contributed by atoms with van der Waals surface area (Å²) in [5.74, 6) is -2.63. The fraction of sp³-hybridized carbons (Fsp3) is 1.00. The Morgan fingerprint density at radius 2 is 1.88 bits per heavy atom. The van der Waals surface area contributed by atoms with E-state index >= 15 is 0 Å². The molecule has 0 aromatic heterocycles. The summed E-state index contributed by atoms with van der Waals surface area (Å²) in [6, 6.07) is -0.764. The SMILES string of the molecule is C[C@@H](O)CNC1CCCCCCCC1(F)F. The Morgan fingerprint density at radius 1 is 1.25 bits per heavy atom. The maximum Gasteiger partial charge on any atom is 0.263 e. The number of aliphatic hydroxyl groups excluding tert-OH is 1. The summed E-state index contributed by atoms with van der Waals surface area (Å²) < 4.78 is 27.6. The highest BCUT2D eigenvalue weighted by Gasteiger charge is 2.38. The Bertz CT molecular complexity index is 197. The van der Waals surface area contributed by atoms with E-state index in [0.29, 0.717) is 12.8 Å². The number of rotatable bonds is 3. The Kier molecular flexibility index (Phi) is 5.62. The number of hydrogen-bond acceptors (Lipinski definition) is 2. The molecule has 1 saturated carbocycles. The van der Waals surface area contributed by atoms with Gasteiger partial charge in [-0.1, -0.05) is 25.7 Å². The van der Waals surface area contributed by atoms with E-state index in [-0.39, 0.29) is 13.0 Å². The number of alkyl halides is 2. The minimum absolute atomic E-state index is 0.0233. The molecule has 0 bridgehead atoms. The van der Waals surface area contributed by atoms with Crippen LogP contribution in [-0.4, -0.2) is 29.7 Å². The molecule has 4 heteroatoms. The zero-order valence-corrected chi connectivity index (χ0v) is 10.0. The third kappa shape index (κ3) is 4.74. The number of nitrogens with one attached hydrogen (secondary N) is 1. The van der Waals surface area contributed by atoms with Crippen LogP contribution in [0.1, 0.15) is 51.9 Å². The zero-order valence-electron chi connectivity index (χ0n) is 10.0. The fourth-order valence-corrected chi connectivity index (χ4v) is 2.19. The van der Waals surface area contributed by atoms with Gasteiger partial charge in [0.1, 0.15) is 0 Å². The molecule has 0 aromatic carbocycles. The van der Waals surface area contributed by atoms with E-state index in [2.05, 4.69) is 5.32 Å². The second-order valence-electron chi connectivity index (χ2n) is 4.88. The first-order valence-electron chi connectivity index (χ1n) is 6.31. The molecule has 0 spiro atoms. The van der Waals surface area contributed by atoms with Gasteiger partial charge in [-0.3, -0.25) is 0 Å². The lowest BCUT2D eigenvalue weighted by Crippen LogP contribution is -2.47. The molecule has 1 aliphatic carbocycles. The molecule has 1 fully saturated rings. The molecule has 0 amide bonds. The molecular weight excluding hydrogens is 212 g/mol. The van der Waals surface area contributed by atoms with Crippen LogP contribution in [0.25, 0.3) is 0 Å². The van der Waals surface area contributed by atoms with E-state index in [1.165, 1.54) is 0 Å². The smallest absolute Gasteiger partial charge is 0.263 e. The maximum absolute atomic E-state index is 13.8. The minimum Gasteiger partial charge on any atom is -0.392 e. The van der Waals surface area contributed by atoms with Crippen molar-refractivity contribution < 1.29 is 13.9 Å². The van der Waals surface area contributed by atoms with E-state index in [4.69, 9.17) is 5.11 Å². The summed E-state index contributed by atoms with van der Waals surface area (Å²) in [6.45, 7) is 1.86. The molecule has 1 rings (SSSR count). The van der Waals surface area contributed by atoms with Crippen molar-refractivity contribution in [2.75, 3.05) is 6.54 Å². The van der Waals surface area contributed by atoms with Gasteiger partial charge >= 0.3 is 0 Å². The molecule has 1 unspecified atom stereocenters. The summed E-state index contributed by atoms with van der Waals surface area (Å²) in [4.78, 5) is 0. The molecule has 0 saturated heterocycles. The molecular formula is C12H23F2NO. The second-order valence-corrected chi connectivity index (χ2v) is 4.88. The first-order valence-corrected chi connectivity index (χ1v) is 6.31. The molecule has 0 heterocycles. The van der Waals surface area contributed by atoms with E-state index in [1.807, 2.05) is 0 Å². The van der Waals surface area contributed by atoms with Gasteiger partial charge in [0.2, 0.25) is 0 Å². The van der Waals surface area contributed by atoms with E-state index in [1.54, 1.807) is 6.92 Å². The molecule has 2 atom stereocenters. The van der Waals surface area contributed by atoms with Crippen LogP contribution in [0.5, 0.6) is 0 Å². The summed E-state index contributed by atoms with van der Waals surface area (Å²) in [7, 11) is 0. The molecule has 2 nitrogen and oxygen atoms in total. The van der Waals surface area contributed by atoms with E-state index in [9.17, 15) is 8.78 Å². The molecule has 0 aliphatic heterocycles. The summed E-state index contributed by atoms with van der Waals surface area (Å²) in [6.07, 6.45) is 4.42. The summed E-state index contributed by atoms with van der Waals surface area (Å²) in [5.41, 5.74) is 0. The monoisotopic (exact) mass is 235 g/mol. The van der Waals surface area contributed by atoms with Crippen LogP contribution < -0.4 is 5.32 Å². The highest BCUT2D eigenvalue weighted by molar-refractivity contribution is 4.84. The first-order chi connectivity index (χ1) is 7.52. The van der Waals surface area contributed by atoms with Crippen molar-refractivity contribution in [3.8, 4) is 0 Å². The standard InChI is InChI=1S/C12H23F2NO/c1-10(16)9-15-11-7-5-3-2-4-6-8-12(11,13)14/h10-11,15-16H,2-9H2,1H3/t10-,11?/m1/s1. The average molecular weight is 235 g/mol. The van der Waals surface area contributed by atoms with Crippen molar-refractivity contribution in [1.29, 1.82) is 0 Å². The quantitative estimate of drug-likeness (QED) is 0.788. The average Bonchev–Trinajstić information content (AvgIpc) is 2.26. The molecule has 0 radical (unpaired) electrons. The number of halogens is 2. The first kappa shape index (κ1) is 13.8. The van der Waals surface area contributed by atoms with Gasteiger partial charge in [0.25, 0.3) is 5.92 Å². The van der Waals surface area contributed by atoms with Gasteiger partial charge in [0, 0.05) is 13.0 Å². The highest BCUT2D eigenvalue weighted by Crippen LogP contribution is 2.30. The van der Waals surface area contributed by atoms with Crippen LogP contribution in [-0.2, 0) is 0 Å². The van der Waals surface area contributed by atoms with Crippen LogP contribution >= 0.6 is 0 Å². The molecule has 1 aliphatic rings. The molecule has 0 aromatic rings. The van der Waals surface area contributed by atoms with Crippen molar-refractivity contribution in [2.45, 2.75) is 69.9 Å². The number of hydrogen-bond donors (Lipinski definition) is 2. The van der Waals surface area contributed by atoms with Crippen molar-refractivity contribution in [1.82, 2.24) is 5.32 Å². The van der Waals surface area contributed by atoms with Crippen molar-refractivity contribution in [3.05, 3.63) is 0 Å². The zero-order chi connectivity index (χ0) is 12.0. The van der Waals surface area contributed by atoms with Crippen LogP contribution in [0.15, 0.2) is 0 Å². The van der Waals surface area contributed by atoms with Crippen LogP contribution in [0.2, 0.25) is 0 Å². The fourth-order valence-electron chi connectivity index (χ4n) is 2.19. The predicted molar refractivity (Wildman–Crippen MR) is 60.7 cm³/mol. The largest absolute Gasteiger partial charge is 0.392 e. The molecule has 16 heavy (non-hydrogen) atoms. The van der Waals surface area contributed by atoms with E-state index < -0.39 is 18.1 Å². The van der Waals surface area contributed by atoms with Crippen LogP contribution in [0.4, 0.5) is 8.78 Å². The lowest BCUT2D eigenvalue weighted by Gasteiger charge is -2.28. The van der Waals surface area contributed by atoms with Gasteiger partial charge in [0.05, 0.1) is 12.1 Å². The van der Waals surface area contributed by atoms with Gasteiger partial charge in [0.15, 0.2) is 0 Å². The Balaban J connectivity index is 2.51. The lowest BCUT2D eigenvalue weighted by atomic mass is 10.0. The van der Waals surface area contributed by atoms with Crippen molar-refractivity contribution in [3.63, 3.8) is 0 Å². The maximum atomic E-state index is 13.8. The van der Waals surface area contributed by atoms with Gasteiger partial charge in [-0.2, -0.15) is 0 Å².